The summed E-state index contributed by atoms with van der Waals surface area (Å²) in [5, 5.41) is 9.21. The van der Waals surface area contributed by atoms with Crippen LogP contribution in [0.25, 0.3) is 0 Å². The van der Waals surface area contributed by atoms with Crippen LogP contribution in [0.15, 0.2) is 0 Å². The number of fused-ring (bicyclic) bond motifs is 2. The molecule has 6 heteroatoms. The molecule has 2 bridgehead atoms. The number of piperidine rings is 2. The van der Waals surface area contributed by atoms with Crippen molar-refractivity contribution in [3.05, 3.63) is 0 Å². The molecular formula is C12H22N2O3S. The van der Waals surface area contributed by atoms with Gasteiger partial charge in [-0.2, -0.15) is 17.0 Å². The van der Waals surface area contributed by atoms with Crippen molar-refractivity contribution in [1.82, 2.24) is 8.61 Å². The Morgan fingerprint density at radius 3 is 2.61 bits per heavy atom. The molecule has 3 fully saturated rings. The van der Waals surface area contributed by atoms with Gasteiger partial charge in [0, 0.05) is 32.3 Å². The van der Waals surface area contributed by atoms with E-state index in [2.05, 4.69) is 0 Å². The maximum Gasteiger partial charge on any atom is 0.282 e. The predicted octanol–water partition coefficient (Wildman–Crippen LogP) is 0.420. The van der Waals surface area contributed by atoms with Crippen molar-refractivity contribution in [2.75, 3.05) is 26.2 Å². The summed E-state index contributed by atoms with van der Waals surface area (Å²) < 4.78 is 28.5. The molecule has 3 atom stereocenters. The third kappa shape index (κ3) is 2.09. The Kier molecular flexibility index (Phi) is 3.38. The fourth-order valence-electron chi connectivity index (χ4n) is 3.70. The lowest BCUT2D eigenvalue weighted by atomic mass is 10.0. The van der Waals surface area contributed by atoms with Crippen LogP contribution in [-0.2, 0) is 10.2 Å². The van der Waals surface area contributed by atoms with Crippen molar-refractivity contribution in [2.45, 2.75) is 38.1 Å². The molecule has 1 aliphatic carbocycles. The lowest BCUT2D eigenvalue weighted by Crippen LogP contribution is -2.50. The molecule has 0 radical (unpaired) electrons. The first-order valence-electron chi connectivity index (χ1n) is 6.99. The van der Waals surface area contributed by atoms with Crippen molar-refractivity contribution < 1.29 is 13.5 Å². The molecule has 0 aromatic heterocycles. The van der Waals surface area contributed by atoms with E-state index in [0.717, 1.165) is 25.7 Å². The molecule has 5 nitrogen and oxygen atoms in total. The molecular weight excluding hydrogens is 252 g/mol. The molecule has 2 aliphatic heterocycles. The van der Waals surface area contributed by atoms with Gasteiger partial charge in [0.2, 0.25) is 0 Å². The summed E-state index contributed by atoms with van der Waals surface area (Å²) in [6.07, 6.45) is 5.08. The van der Waals surface area contributed by atoms with Gasteiger partial charge in [-0.05, 0) is 43.9 Å². The Hall–Kier alpha value is -0.170. The van der Waals surface area contributed by atoms with Gasteiger partial charge >= 0.3 is 0 Å². The Labute approximate surface area is 109 Å². The van der Waals surface area contributed by atoms with E-state index in [4.69, 9.17) is 0 Å². The van der Waals surface area contributed by atoms with E-state index < -0.39 is 10.2 Å². The minimum absolute atomic E-state index is 0.0953. The van der Waals surface area contributed by atoms with Gasteiger partial charge in [0.15, 0.2) is 0 Å². The molecule has 0 spiro atoms. The van der Waals surface area contributed by atoms with Crippen LogP contribution in [0, 0.1) is 11.8 Å². The zero-order chi connectivity index (χ0) is 12.8. The summed E-state index contributed by atoms with van der Waals surface area (Å²) in [7, 11) is -3.28. The number of rotatable bonds is 3. The first-order chi connectivity index (χ1) is 8.61. The standard InChI is InChI=1S/C12H22N2O3S/c15-9-11-2-1-5-13(7-11)18(16,17)14-8-10-3-4-12(14)6-10/h10-12,15H,1-9H2. The van der Waals surface area contributed by atoms with E-state index >= 15 is 0 Å². The third-order valence-corrected chi connectivity index (χ3v) is 6.75. The van der Waals surface area contributed by atoms with Gasteiger partial charge in [0.1, 0.15) is 0 Å². The van der Waals surface area contributed by atoms with Gasteiger partial charge in [-0.1, -0.05) is 0 Å². The molecule has 3 rings (SSSR count). The van der Waals surface area contributed by atoms with Crippen molar-refractivity contribution >= 4 is 10.2 Å². The van der Waals surface area contributed by atoms with Crippen molar-refractivity contribution in [3.63, 3.8) is 0 Å². The first kappa shape index (κ1) is 12.8. The van der Waals surface area contributed by atoms with E-state index in [1.165, 1.54) is 6.42 Å². The zero-order valence-electron chi connectivity index (χ0n) is 10.7. The smallest absolute Gasteiger partial charge is 0.282 e. The van der Waals surface area contributed by atoms with Crippen LogP contribution in [0.2, 0.25) is 0 Å². The number of aliphatic hydroxyl groups is 1. The topological polar surface area (TPSA) is 60.9 Å². The summed E-state index contributed by atoms with van der Waals surface area (Å²) in [5.41, 5.74) is 0. The molecule has 1 N–H and O–H groups in total. The molecule has 104 valence electrons. The number of aliphatic hydroxyl groups excluding tert-OH is 1. The fraction of sp³-hybridized carbons (Fsp3) is 1.00. The highest BCUT2D eigenvalue weighted by Gasteiger charge is 2.46. The number of hydrogen-bond acceptors (Lipinski definition) is 3. The van der Waals surface area contributed by atoms with Gasteiger partial charge in [-0.3, -0.25) is 0 Å². The van der Waals surface area contributed by atoms with Crippen LogP contribution in [0.4, 0.5) is 0 Å². The molecule has 0 aromatic rings. The van der Waals surface area contributed by atoms with Gasteiger partial charge in [0.05, 0.1) is 0 Å². The molecule has 0 amide bonds. The van der Waals surface area contributed by atoms with E-state index in [-0.39, 0.29) is 18.6 Å². The third-order valence-electron chi connectivity index (χ3n) is 4.72. The quantitative estimate of drug-likeness (QED) is 0.811. The summed E-state index contributed by atoms with van der Waals surface area (Å²) >= 11 is 0. The minimum atomic E-state index is -3.28. The lowest BCUT2D eigenvalue weighted by molar-refractivity contribution is 0.159. The largest absolute Gasteiger partial charge is 0.396 e. The Balaban J connectivity index is 1.74. The van der Waals surface area contributed by atoms with Crippen LogP contribution in [0.5, 0.6) is 0 Å². The number of hydrogen-bond donors (Lipinski definition) is 1. The van der Waals surface area contributed by atoms with E-state index in [1.807, 2.05) is 0 Å². The maximum atomic E-state index is 12.6. The van der Waals surface area contributed by atoms with Crippen molar-refractivity contribution in [2.24, 2.45) is 11.8 Å². The highest BCUT2D eigenvalue weighted by Crippen LogP contribution is 2.40. The second-order valence-electron chi connectivity index (χ2n) is 5.96. The van der Waals surface area contributed by atoms with Crippen molar-refractivity contribution in [1.29, 1.82) is 0 Å². The highest BCUT2D eigenvalue weighted by atomic mass is 32.2. The summed E-state index contributed by atoms with van der Waals surface area (Å²) in [5.74, 6) is 0.705. The molecule has 0 aromatic carbocycles. The van der Waals surface area contributed by atoms with Crippen molar-refractivity contribution in [3.8, 4) is 0 Å². The van der Waals surface area contributed by atoms with Crippen LogP contribution in [-0.4, -0.2) is 54.4 Å². The molecule has 18 heavy (non-hydrogen) atoms. The number of nitrogens with zero attached hydrogens (tertiary/aromatic N) is 2. The monoisotopic (exact) mass is 274 g/mol. The van der Waals surface area contributed by atoms with Gasteiger partial charge in [0.25, 0.3) is 10.2 Å². The van der Waals surface area contributed by atoms with Gasteiger partial charge in [-0.15, -0.1) is 0 Å². The van der Waals surface area contributed by atoms with Crippen LogP contribution in [0.3, 0.4) is 0 Å². The second-order valence-corrected chi connectivity index (χ2v) is 7.84. The summed E-state index contributed by atoms with van der Waals surface area (Å²) in [6.45, 7) is 1.92. The Morgan fingerprint density at radius 1 is 1.17 bits per heavy atom. The average molecular weight is 274 g/mol. The molecule has 1 saturated carbocycles. The Morgan fingerprint density at radius 2 is 2.00 bits per heavy atom. The van der Waals surface area contributed by atoms with Crippen LogP contribution in [0.1, 0.15) is 32.1 Å². The van der Waals surface area contributed by atoms with Crippen LogP contribution < -0.4 is 0 Å². The summed E-state index contributed by atoms with van der Waals surface area (Å²) in [6, 6.07) is 0.245. The molecule has 2 saturated heterocycles. The maximum absolute atomic E-state index is 12.6. The average Bonchev–Trinajstić information content (AvgIpc) is 3.01. The van der Waals surface area contributed by atoms with E-state index in [9.17, 15) is 13.5 Å². The molecule has 3 unspecified atom stereocenters. The molecule has 3 aliphatic rings. The normalized spacial score (nSPS) is 38.4. The second kappa shape index (κ2) is 4.74. The van der Waals surface area contributed by atoms with E-state index in [1.54, 1.807) is 8.61 Å². The molecule has 2 heterocycles. The predicted molar refractivity (Wildman–Crippen MR) is 68.1 cm³/mol. The lowest BCUT2D eigenvalue weighted by Gasteiger charge is -2.36. The minimum Gasteiger partial charge on any atom is -0.396 e. The van der Waals surface area contributed by atoms with Crippen LogP contribution >= 0.6 is 0 Å². The summed E-state index contributed by atoms with van der Waals surface area (Å²) in [4.78, 5) is 0. The SMILES string of the molecule is O=S(=O)(N1CCCC(CO)C1)N1CC2CCC1C2. The zero-order valence-corrected chi connectivity index (χ0v) is 11.5. The van der Waals surface area contributed by atoms with E-state index in [0.29, 0.717) is 25.6 Å². The fourth-order valence-corrected chi connectivity index (χ4v) is 5.72. The first-order valence-corrected chi connectivity index (χ1v) is 8.38. The highest BCUT2D eigenvalue weighted by molar-refractivity contribution is 7.86. The van der Waals surface area contributed by atoms with Gasteiger partial charge in [-0.25, -0.2) is 0 Å². The Bertz CT molecular complexity index is 412. The van der Waals surface area contributed by atoms with Gasteiger partial charge < -0.3 is 5.11 Å².